The van der Waals surface area contributed by atoms with Gasteiger partial charge in [-0.15, -0.1) is 9.71 Å². The molecular weight excluding hydrogens is 531 g/mol. The monoisotopic (exact) mass is 562 g/mol. The highest BCUT2D eigenvalue weighted by Gasteiger charge is 2.37. The molecule has 1 fully saturated rings. The molecule has 0 aliphatic carbocycles. The molecule has 2 aromatic rings. The van der Waals surface area contributed by atoms with E-state index in [9.17, 15) is 9.81 Å². The van der Waals surface area contributed by atoms with Gasteiger partial charge in [-0.2, -0.15) is 5.26 Å². The lowest BCUT2D eigenvalue weighted by atomic mass is 9.85. The van der Waals surface area contributed by atoms with E-state index in [-0.39, 0.29) is 18.0 Å². The van der Waals surface area contributed by atoms with Gasteiger partial charge in [-0.05, 0) is 57.7 Å². The molecule has 2 atom stereocenters. The SMILES string of the molecule is C=CCOc1cc(Cl)c(Cl)cc1[C@H](N[S@@+]([O-])C(C)(C)C)C1CCN(/C(=N\C#N)Oc2ccccc2)CC1. The minimum atomic E-state index is -1.35. The van der Waals surface area contributed by atoms with E-state index >= 15 is 0 Å². The Bertz CT molecular complexity index is 1130. The van der Waals surface area contributed by atoms with Crippen LogP contribution in [0.5, 0.6) is 11.5 Å². The number of piperidine rings is 1. The number of para-hydroxylation sites is 1. The molecule has 3 rings (SSSR count). The summed E-state index contributed by atoms with van der Waals surface area (Å²) in [6.45, 7) is 11.0. The van der Waals surface area contributed by atoms with Crippen LogP contribution in [-0.2, 0) is 11.4 Å². The number of hydrogen-bond donors (Lipinski definition) is 1. The number of rotatable bonds is 8. The van der Waals surface area contributed by atoms with Gasteiger partial charge in [-0.1, -0.05) is 54.1 Å². The number of hydrogen-bond acceptors (Lipinski definition) is 6. The third-order valence-corrected chi connectivity index (χ3v) is 8.22. The molecule has 0 spiro atoms. The fourth-order valence-electron chi connectivity index (χ4n) is 3.99. The fourth-order valence-corrected chi connectivity index (χ4v) is 5.21. The van der Waals surface area contributed by atoms with Gasteiger partial charge in [0.15, 0.2) is 0 Å². The van der Waals surface area contributed by atoms with Crippen molar-refractivity contribution < 1.29 is 14.0 Å². The maximum Gasteiger partial charge on any atom is 0.308 e. The summed E-state index contributed by atoms with van der Waals surface area (Å²) in [5, 5.41) is 10.0. The zero-order valence-corrected chi connectivity index (χ0v) is 23.6. The van der Waals surface area contributed by atoms with Crippen molar-refractivity contribution in [2.24, 2.45) is 10.9 Å². The summed E-state index contributed by atoms with van der Waals surface area (Å²) in [5.74, 6) is 1.27. The average molecular weight is 564 g/mol. The Balaban J connectivity index is 1.87. The maximum absolute atomic E-state index is 13.2. The van der Waals surface area contributed by atoms with Crippen LogP contribution in [0.4, 0.5) is 0 Å². The summed E-state index contributed by atoms with van der Waals surface area (Å²) in [6, 6.07) is 12.7. The molecule has 1 N–H and O–H groups in total. The van der Waals surface area contributed by atoms with Crippen molar-refractivity contribution in [1.82, 2.24) is 9.62 Å². The van der Waals surface area contributed by atoms with Crippen LogP contribution in [0.1, 0.15) is 45.2 Å². The van der Waals surface area contributed by atoms with Crippen molar-refractivity contribution in [1.29, 1.82) is 5.26 Å². The van der Waals surface area contributed by atoms with E-state index in [0.717, 1.165) is 18.4 Å². The topological polar surface area (TPSA) is 92.9 Å². The molecule has 0 aromatic heterocycles. The normalized spacial score (nSPS) is 16.6. The molecule has 1 saturated heterocycles. The van der Waals surface area contributed by atoms with Crippen molar-refractivity contribution in [3.8, 4) is 17.7 Å². The van der Waals surface area contributed by atoms with Crippen LogP contribution in [0.25, 0.3) is 0 Å². The van der Waals surface area contributed by atoms with Crippen LogP contribution in [0.3, 0.4) is 0 Å². The summed E-state index contributed by atoms with van der Waals surface area (Å²) < 4.78 is 27.9. The van der Waals surface area contributed by atoms with Crippen LogP contribution in [-0.4, -0.2) is 39.9 Å². The summed E-state index contributed by atoms with van der Waals surface area (Å²) >= 11 is 11.4. The van der Waals surface area contributed by atoms with Gasteiger partial charge in [-0.25, -0.2) is 0 Å². The summed E-state index contributed by atoms with van der Waals surface area (Å²) in [7, 11) is 0. The molecule has 10 heteroatoms. The van der Waals surface area contributed by atoms with E-state index in [1.165, 1.54) is 0 Å². The van der Waals surface area contributed by atoms with Gasteiger partial charge in [0.1, 0.15) is 22.9 Å². The Morgan fingerprint density at radius 3 is 2.51 bits per heavy atom. The average Bonchev–Trinajstić information content (AvgIpc) is 2.87. The van der Waals surface area contributed by atoms with Gasteiger partial charge in [0.25, 0.3) is 0 Å². The largest absolute Gasteiger partial charge is 0.598 e. The standard InChI is InChI=1S/C27H32Cl2N4O3S/c1-5-15-35-24-17-23(29)22(28)16-21(24)25(32-37(34)27(2,3)4)19-11-13-33(14-12-19)26(31-18-30)36-20-9-7-6-8-10-20/h5-10,16-17,19,25,32H,1,11-15H2,2-4H3/b31-26+/t25-,37+/m1/s1. The van der Waals surface area contributed by atoms with Gasteiger partial charge in [-0.3, -0.25) is 0 Å². The minimum Gasteiger partial charge on any atom is -0.598 e. The van der Waals surface area contributed by atoms with Gasteiger partial charge in [0.2, 0.25) is 6.19 Å². The zero-order chi connectivity index (χ0) is 27.0. The smallest absolute Gasteiger partial charge is 0.308 e. The maximum atomic E-state index is 13.2. The van der Waals surface area contributed by atoms with E-state index < -0.39 is 16.1 Å². The number of halogens is 2. The quantitative estimate of drug-likeness (QED) is 0.134. The lowest BCUT2D eigenvalue weighted by molar-refractivity contribution is 0.207. The Hall–Kier alpha value is -2.41. The van der Waals surface area contributed by atoms with Crippen LogP contribution < -0.4 is 14.2 Å². The summed E-state index contributed by atoms with van der Waals surface area (Å²) in [5.41, 5.74) is 0.791. The minimum absolute atomic E-state index is 0.0888. The number of likely N-dealkylation sites (tertiary alicyclic amines) is 1. The molecule has 0 saturated carbocycles. The lowest BCUT2D eigenvalue weighted by Crippen LogP contribution is -2.47. The van der Waals surface area contributed by atoms with Crippen LogP contribution in [0, 0.1) is 17.4 Å². The Morgan fingerprint density at radius 1 is 1.27 bits per heavy atom. The van der Waals surface area contributed by atoms with E-state index in [4.69, 9.17) is 32.7 Å². The highest BCUT2D eigenvalue weighted by Crippen LogP contribution is 2.41. The van der Waals surface area contributed by atoms with E-state index in [2.05, 4.69) is 16.3 Å². The predicted molar refractivity (Wildman–Crippen MR) is 150 cm³/mol. The van der Waals surface area contributed by atoms with Crippen molar-refractivity contribution >= 4 is 40.6 Å². The first-order valence-electron chi connectivity index (χ1n) is 12.0. The van der Waals surface area contributed by atoms with Crippen molar-refractivity contribution in [3.05, 3.63) is 70.7 Å². The number of ether oxygens (including phenoxy) is 2. The number of nitriles is 1. The van der Waals surface area contributed by atoms with Gasteiger partial charge in [0, 0.05) is 36.1 Å². The predicted octanol–water partition coefficient (Wildman–Crippen LogP) is 6.28. The Morgan fingerprint density at radius 2 is 1.92 bits per heavy atom. The van der Waals surface area contributed by atoms with Crippen molar-refractivity contribution in [2.45, 2.75) is 44.4 Å². The van der Waals surface area contributed by atoms with E-state index in [0.29, 0.717) is 41.2 Å². The molecule has 1 aliphatic heterocycles. The highest BCUT2D eigenvalue weighted by molar-refractivity contribution is 7.90. The second-order valence-electron chi connectivity index (χ2n) is 9.61. The molecule has 0 bridgehead atoms. The molecular formula is C27H32Cl2N4O3S. The van der Waals surface area contributed by atoms with E-state index in [1.807, 2.05) is 62.2 Å². The zero-order valence-electron chi connectivity index (χ0n) is 21.2. The molecule has 0 amide bonds. The van der Waals surface area contributed by atoms with Crippen LogP contribution in [0.2, 0.25) is 10.0 Å². The molecule has 2 aromatic carbocycles. The first-order chi connectivity index (χ1) is 17.6. The third-order valence-electron chi connectivity index (χ3n) is 5.91. The van der Waals surface area contributed by atoms with E-state index in [1.54, 1.807) is 18.2 Å². The Labute approximate surface area is 232 Å². The molecule has 1 heterocycles. The van der Waals surface area contributed by atoms with Crippen LogP contribution >= 0.6 is 23.2 Å². The number of nitrogens with zero attached hydrogens (tertiary/aromatic N) is 3. The Kier molecular flexibility index (Phi) is 10.6. The molecule has 1 aliphatic rings. The molecule has 0 radical (unpaired) electrons. The number of benzene rings is 2. The van der Waals surface area contributed by atoms with Gasteiger partial charge in [0.05, 0.1) is 16.1 Å². The molecule has 7 nitrogen and oxygen atoms in total. The first-order valence-corrected chi connectivity index (χ1v) is 13.9. The lowest BCUT2D eigenvalue weighted by Gasteiger charge is -2.38. The first kappa shape index (κ1) is 29.2. The fraction of sp³-hybridized carbons (Fsp3) is 0.407. The number of nitrogens with one attached hydrogen (secondary N) is 1. The number of aliphatic imine (C=N–C) groups is 1. The second kappa shape index (κ2) is 13.4. The molecule has 0 unspecified atom stereocenters. The highest BCUT2D eigenvalue weighted by atomic mass is 35.5. The van der Waals surface area contributed by atoms with Crippen molar-refractivity contribution in [3.63, 3.8) is 0 Å². The third kappa shape index (κ3) is 8.03. The van der Waals surface area contributed by atoms with Crippen molar-refractivity contribution in [2.75, 3.05) is 19.7 Å². The molecule has 198 valence electrons. The molecule has 37 heavy (non-hydrogen) atoms. The second-order valence-corrected chi connectivity index (χ2v) is 12.4. The van der Waals surface area contributed by atoms with Crippen LogP contribution in [0.15, 0.2) is 60.1 Å². The van der Waals surface area contributed by atoms with Gasteiger partial charge >= 0.3 is 6.02 Å². The number of amidine groups is 1. The summed E-state index contributed by atoms with van der Waals surface area (Å²) in [4.78, 5) is 5.87. The summed E-state index contributed by atoms with van der Waals surface area (Å²) in [6.07, 6.45) is 4.95. The van der Waals surface area contributed by atoms with Gasteiger partial charge < -0.3 is 18.9 Å².